The third-order valence-corrected chi connectivity index (χ3v) is 5.03. The highest BCUT2D eigenvalue weighted by Crippen LogP contribution is 2.32. The first-order valence-electron chi connectivity index (χ1n) is 7.41. The SMILES string of the molecule is CCSC1CCCC1Nc1cc(-c2nc(C)no2)ccn1. The normalized spacial score (nSPS) is 21.6. The van der Waals surface area contributed by atoms with Gasteiger partial charge in [0.2, 0.25) is 0 Å². The van der Waals surface area contributed by atoms with Gasteiger partial charge in [-0.3, -0.25) is 0 Å². The minimum atomic E-state index is 0.502. The average Bonchev–Trinajstić information content (AvgIpc) is 3.10. The maximum atomic E-state index is 5.21. The minimum absolute atomic E-state index is 0.502. The van der Waals surface area contributed by atoms with E-state index in [9.17, 15) is 0 Å². The Morgan fingerprint density at radius 3 is 3.10 bits per heavy atom. The number of rotatable bonds is 5. The molecule has 2 heterocycles. The lowest BCUT2D eigenvalue weighted by Crippen LogP contribution is -2.26. The van der Waals surface area contributed by atoms with E-state index in [1.165, 1.54) is 19.3 Å². The second-order valence-corrected chi connectivity index (χ2v) is 6.77. The summed E-state index contributed by atoms with van der Waals surface area (Å²) in [7, 11) is 0. The molecule has 0 amide bonds. The van der Waals surface area contributed by atoms with Gasteiger partial charge in [0.25, 0.3) is 5.89 Å². The molecule has 6 heteroatoms. The number of aromatic nitrogens is 3. The van der Waals surface area contributed by atoms with Gasteiger partial charge in [0.05, 0.1) is 0 Å². The van der Waals surface area contributed by atoms with Crippen LogP contribution in [0.4, 0.5) is 5.82 Å². The lowest BCUT2D eigenvalue weighted by molar-refractivity contribution is 0.425. The Bertz CT molecular complexity index is 601. The smallest absolute Gasteiger partial charge is 0.258 e. The number of pyridine rings is 1. The van der Waals surface area contributed by atoms with Crippen molar-refractivity contribution in [2.45, 2.75) is 44.4 Å². The fourth-order valence-corrected chi connectivity index (χ4v) is 3.95. The van der Waals surface area contributed by atoms with E-state index in [0.29, 0.717) is 23.0 Å². The Morgan fingerprint density at radius 1 is 1.43 bits per heavy atom. The quantitative estimate of drug-likeness (QED) is 0.911. The fourth-order valence-electron chi connectivity index (χ4n) is 2.75. The van der Waals surface area contributed by atoms with Gasteiger partial charge < -0.3 is 9.84 Å². The second-order valence-electron chi connectivity index (χ2n) is 5.25. The molecule has 2 unspecified atom stereocenters. The molecule has 1 N–H and O–H groups in total. The molecule has 1 fully saturated rings. The molecule has 5 nitrogen and oxygen atoms in total. The van der Waals surface area contributed by atoms with E-state index in [2.05, 4.69) is 27.4 Å². The summed E-state index contributed by atoms with van der Waals surface area (Å²) in [6.45, 7) is 4.04. The van der Waals surface area contributed by atoms with Gasteiger partial charge >= 0.3 is 0 Å². The van der Waals surface area contributed by atoms with Crippen molar-refractivity contribution in [3.8, 4) is 11.5 Å². The Morgan fingerprint density at radius 2 is 2.33 bits per heavy atom. The Kier molecular flexibility index (Phi) is 4.43. The molecule has 0 spiro atoms. The van der Waals surface area contributed by atoms with Crippen molar-refractivity contribution in [2.24, 2.45) is 0 Å². The Hall–Kier alpha value is -1.56. The minimum Gasteiger partial charge on any atom is -0.366 e. The van der Waals surface area contributed by atoms with Crippen LogP contribution in [0, 0.1) is 6.92 Å². The summed E-state index contributed by atoms with van der Waals surface area (Å²) in [5.74, 6) is 3.24. The van der Waals surface area contributed by atoms with Crippen molar-refractivity contribution in [3.05, 3.63) is 24.2 Å². The van der Waals surface area contributed by atoms with Crippen LogP contribution in [0.5, 0.6) is 0 Å². The Balaban J connectivity index is 1.74. The topological polar surface area (TPSA) is 63.8 Å². The predicted octanol–water partition coefficient (Wildman–Crippen LogP) is 3.53. The molecular formula is C15H20N4OS. The zero-order valence-corrected chi connectivity index (χ0v) is 13.2. The lowest BCUT2D eigenvalue weighted by atomic mass is 10.2. The van der Waals surface area contributed by atoms with E-state index < -0.39 is 0 Å². The van der Waals surface area contributed by atoms with Crippen molar-refractivity contribution in [1.29, 1.82) is 0 Å². The molecule has 0 bridgehead atoms. The van der Waals surface area contributed by atoms with Crippen LogP contribution in [0.25, 0.3) is 11.5 Å². The molecule has 1 aliphatic carbocycles. The standard InChI is InChI=1S/C15H20N4OS/c1-3-21-13-6-4-5-12(13)18-14-9-11(7-8-16-14)15-17-10(2)19-20-15/h7-9,12-13H,3-6H2,1-2H3,(H,16,18). The number of nitrogens with one attached hydrogen (secondary N) is 1. The van der Waals surface area contributed by atoms with Gasteiger partial charge in [0.1, 0.15) is 5.82 Å². The zero-order valence-electron chi connectivity index (χ0n) is 12.4. The van der Waals surface area contributed by atoms with Crippen LogP contribution in [0.2, 0.25) is 0 Å². The van der Waals surface area contributed by atoms with E-state index in [1.54, 1.807) is 6.20 Å². The highest BCUT2D eigenvalue weighted by Gasteiger charge is 2.27. The molecule has 1 aliphatic rings. The fraction of sp³-hybridized carbons (Fsp3) is 0.533. The molecule has 2 atom stereocenters. The first kappa shape index (κ1) is 14.4. The van der Waals surface area contributed by atoms with Crippen LogP contribution in [-0.2, 0) is 0 Å². The van der Waals surface area contributed by atoms with Crippen molar-refractivity contribution >= 4 is 17.6 Å². The molecule has 112 valence electrons. The molecule has 1 saturated carbocycles. The summed E-state index contributed by atoms with van der Waals surface area (Å²) in [5, 5.41) is 8.09. The van der Waals surface area contributed by atoms with Gasteiger partial charge in [0.15, 0.2) is 5.82 Å². The van der Waals surface area contributed by atoms with Crippen LogP contribution >= 0.6 is 11.8 Å². The molecule has 21 heavy (non-hydrogen) atoms. The van der Waals surface area contributed by atoms with E-state index in [-0.39, 0.29) is 0 Å². The van der Waals surface area contributed by atoms with Gasteiger partial charge in [0, 0.05) is 23.1 Å². The van der Waals surface area contributed by atoms with E-state index in [1.807, 2.05) is 30.8 Å². The third-order valence-electron chi connectivity index (χ3n) is 3.70. The van der Waals surface area contributed by atoms with Crippen molar-refractivity contribution in [2.75, 3.05) is 11.1 Å². The summed E-state index contributed by atoms with van der Waals surface area (Å²) < 4.78 is 5.21. The molecule has 3 rings (SSSR count). The van der Waals surface area contributed by atoms with Crippen molar-refractivity contribution < 1.29 is 4.52 Å². The highest BCUT2D eigenvalue weighted by atomic mass is 32.2. The predicted molar refractivity (Wildman–Crippen MR) is 85.4 cm³/mol. The van der Waals surface area contributed by atoms with Gasteiger partial charge in [-0.15, -0.1) is 0 Å². The molecule has 0 saturated heterocycles. The number of nitrogens with zero attached hydrogens (tertiary/aromatic N) is 3. The number of thioether (sulfide) groups is 1. The molecule has 2 aromatic rings. The van der Waals surface area contributed by atoms with Crippen LogP contribution < -0.4 is 5.32 Å². The summed E-state index contributed by atoms with van der Waals surface area (Å²) in [6, 6.07) is 4.38. The molecule has 2 aromatic heterocycles. The summed E-state index contributed by atoms with van der Waals surface area (Å²) in [4.78, 5) is 8.68. The average molecular weight is 304 g/mol. The monoisotopic (exact) mass is 304 g/mol. The first-order chi connectivity index (χ1) is 10.3. The molecule has 0 radical (unpaired) electrons. The zero-order chi connectivity index (χ0) is 14.7. The van der Waals surface area contributed by atoms with Crippen LogP contribution in [-0.4, -0.2) is 32.2 Å². The first-order valence-corrected chi connectivity index (χ1v) is 8.46. The maximum absolute atomic E-state index is 5.21. The largest absolute Gasteiger partial charge is 0.366 e. The lowest BCUT2D eigenvalue weighted by Gasteiger charge is -2.20. The maximum Gasteiger partial charge on any atom is 0.258 e. The number of aryl methyl sites for hydroxylation is 1. The molecule has 0 aromatic carbocycles. The van der Waals surface area contributed by atoms with Crippen LogP contribution in [0.15, 0.2) is 22.9 Å². The number of hydrogen-bond acceptors (Lipinski definition) is 6. The van der Waals surface area contributed by atoms with Gasteiger partial charge in [-0.05, 0) is 37.7 Å². The summed E-state index contributed by atoms with van der Waals surface area (Å²) in [5.41, 5.74) is 0.908. The second kappa shape index (κ2) is 6.47. The van der Waals surface area contributed by atoms with Gasteiger partial charge in [-0.25, -0.2) is 4.98 Å². The van der Waals surface area contributed by atoms with Gasteiger partial charge in [-0.1, -0.05) is 18.5 Å². The van der Waals surface area contributed by atoms with E-state index in [0.717, 1.165) is 17.1 Å². The summed E-state index contributed by atoms with van der Waals surface area (Å²) >= 11 is 2.04. The Labute approximate surface area is 128 Å². The van der Waals surface area contributed by atoms with Gasteiger partial charge in [-0.2, -0.15) is 16.7 Å². The van der Waals surface area contributed by atoms with Crippen LogP contribution in [0.1, 0.15) is 32.0 Å². The third kappa shape index (κ3) is 3.37. The van der Waals surface area contributed by atoms with Crippen LogP contribution in [0.3, 0.4) is 0 Å². The number of anilines is 1. The molecular weight excluding hydrogens is 284 g/mol. The van der Waals surface area contributed by atoms with Crippen molar-refractivity contribution in [3.63, 3.8) is 0 Å². The van der Waals surface area contributed by atoms with E-state index >= 15 is 0 Å². The van der Waals surface area contributed by atoms with E-state index in [4.69, 9.17) is 4.52 Å². The number of hydrogen-bond donors (Lipinski definition) is 1. The highest BCUT2D eigenvalue weighted by molar-refractivity contribution is 7.99. The molecule has 0 aliphatic heterocycles. The van der Waals surface area contributed by atoms with Crippen molar-refractivity contribution in [1.82, 2.24) is 15.1 Å². The summed E-state index contributed by atoms with van der Waals surface area (Å²) in [6.07, 6.45) is 5.58.